The third kappa shape index (κ3) is 3.55. The molecule has 0 aromatic carbocycles. The van der Waals surface area contributed by atoms with Gasteiger partial charge in [0.2, 0.25) is 0 Å². The van der Waals surface area contributed by atoms with Crippen molar-refractivity contribution in [1.82, 2.24) is 0 Å². The van der Waals surface area contributed by atoms with E-state index in [0.29, 0.717) is 0 Å². The van der Waals surface area contributed by atoms with Crippen LogP contribution in [-0.4, -0.2) is 51.6 Å². The van der Waals surface area contributed by atoms with Crippen LogP contribution in [0.3, 0.4) is 0 Å². The molecule has 0 aromatic heterocycles. The van der Waals surface area contributed by atoms with Crippen LogP contribution in [0.15, 0.2) is 12.7 Å². The van der Waals surface area contributed by atoms with Gasteiger partial charge in [-0.3, -0.25) is 4.79 Å². The van der Waals surface area contributed by atoms with Gasteiger partial charge in [0.1, 0.15) is 12.7 Å². The van der Waals surface area contributed by atoms with Crippen LogP contribution in [0.4, 0.5) is 0 Å². The van der Waals surface area contributed by atoms with Gasteiger partial charge in [-0.25, -0.2) is 0 Å². The number of aliphatic hydroxyl groups is 4. The Morgan fingerprint density at radius 3 is 2.29 bits per heavy atom. The smallest absolute Gasteiger partial charge is 0.189 e. The van der Waals surface area contributed by atoms with E-state index in [0.717, 1.165) is 0 Å². The number of rotatable bonds is 7. The molecule has 3 atom stereocenters. The molecular formula is C9H16O5. The first kappa shape index (κ1) is 13.2. The van der Waals surface area contributed by atoms with E-state index in [1.165, 1.54) is 6.08 Å². The quantitative estimate of drug-likeness (QED) is 0.376. The lowest BCUT2D eigenvalue weighted by atomic mass is 9.93. The minimum atomic E-state index is -1.66. The fourth-order valence-electron chi connectivity index (χ4n) is 1.08. The standard InChI is InChI=1S/C9H16O5/c1-2-3-6(4-10)8(13)9(14)7(12)5-11/h2,6,8-11,13-14H,1,3-5H2/t6-,8+,9+/m0/s1. The van der Waals surface area contributed by atoms with E-state index in [1.807, 2.05) is 0 Å². The Morgan fingerprint density at radius 1 is 1.36 bits per heavy atom. The highest BCUT2D eigenvalue weighted by Crippen LogP contribution is 2.13. The van der Waals surface area contributed by atoms with E-state index in [1.54, 1.807) is 0 Å². The zero-order chi connectivity index (χ0) is 11.1. The number of Topliss-reactive ketones (excluding diaryl/α,β-unsaturated/α-hetero) is 1. The molecule has 82 valence electrons. The van der Waals surface area contributed by atoms with E-state index in [-0.39, 0.29) is 13.0 Å². The van der Waals surface area contributed by atoms with Gasteiger partial charge in [0.15, 0.2) is 5.78 Å². The molecule has 0 bridgehead atoms. The summed E-state index contributed by atoms with van der Waals surface area (Å²) in [5.74, 6) is -1.50. The van der Waals surface area contributed by atoms with E-state index in [4.69, 9.17) is 10.2 Å². The summed E-state index contributed by atoms with van der Waals surface area (Å²) in [4.78, 5) is 10.8. The lowest BCUT2D eigenvalue weighted by Crippen LogP contribution is -2.41. The molecule has 0 aromatic rings. The normalized spacial score (nSPS) is 17.1. The van der Waals surface area contributed by atoms with E-state index in [2.05, 4.69) is 6.58 Å². The highest BCUT2D eigenvalue weighted by molar-refractivity contribution is 5.84. The van der Waals surface area contributed by atoms with E-state index in [9.17, 15) is 15.0 Å². The molecule has 0 heterocycles. The summed E-state index contributed by atoms with van der Waals surface area (Å²) in [6.45, 7) is 2.23. The van der Waals surface area contributed by atoms with Gasteiger partial charge in [0.05, 0.1) is 6.10 Å². The van der Waals surface area contributed by atoms with Gasteiger partial charge in [-0.05, 0) is 6.42 Å². The molecule has 5 heteroatoms. The van der Waals surface area contributed by atoms with E-state index >= 15 is 0 Å². The molecule has 0 spiro atoms. The van der Waals surface area contributed by atoms with Crippen LogP contribution in [0.5, 0.6) is 0 Å². The van der Waals surface area contributed by atoms with Gasteiger partial charge in [0, 0.05) is 12.5 Å². The number of hydrogen-bond donors (Lipinski definition) is 4. The molecule has 0 aliphatic heterocycles. The number of carbonyl (C=O) groups is 1. The van der Waals surface area contributed by atoms with Gasteiger partial charge in [-0.1, -0.05) is 6.08 Å². The summed E-state index contributed by atoms with van der Waals surface area (Å²) >= 11 is 0. The minimum absolute atomic E-state index is 0.285. The first-order valence-electron chi connectivity index (χ1n) is 4.29. The molecule has 5 nitrogen and oxygen atoms in total. The van der Waals surface area contributed by atoms with Crippen LogP contribution in [-0.2, 0) is 4.79 Å². The number of carbonyl (C=O) groups excluding carboxylic acids is 1. The van der Waals surface area contributed by atoms with Crippen molar-refractivity contribution in [3.63, 3.8) is 0 Å². The van der Waals surface area contributed by atoms with Crippen LogP contribution < -0.4 is 0 Å². The van der Waals surface area contributed by atoms with Gasteiger partial charge in [0.25, 0.3) is 0 Å². The molecular weight excluding hydrogens is 188 g/mol. The van der Waals surface area contributed by atoms with Gasteiger partial charge in [-0.15, -0.1) is 6.58 Å². The maximum absolute atomic E-state index is 10.8. The van der Waals surface area contributed by atoms with Crippen molar-refractivity contribution in [3.8, 4) is 0 Å². The van der Waals surface area contributed by atoms with Gasteiger partial charge >= 0.3 is 0 Å². The average molecular weight is 204 g/mol. The lowest BCUT2D eigenvalue weighted by molar-refractivity contribution is -0.138. The molecule has 0 fully saturated rings. The lowest BCUT2D eigenvalue weighted by Gasteiger charge is -2.23. The van der Waals surface area contributed by atoms with Crippen molar-refractivity contribution in [2.24, 2.45) is 5.92 Å². The molecule has 0 rings (SSSR count). The van der Waals surface area contributed by atoms with Crippen molar-refractivity contribution in [1.29, 1.82) is 0 Å². The zero-order valence-electron chi connectivity index (χ0n) is 7.83. The second-order valence-corrected chi connectivity index (χ2v) is 3.03. The monoisotopic (exact) mass is 204 g/mol. The Morgan fingerprint density at radius 2 is 1.93 bits per heavy atom. The fraction of sp³-hybridized carbons (Fsp3) is 0.667. The SMILES string of the molecule is C=CC[C@@H](CO)[C@@H](O)[C@H](O)C(=O)CO. The number of aliphatic hydroxyl groups excluding tert-OH is 4. The van der Waals surface area contributed by atoms with Crippen LogP contribution in [0.2, 0.25) is 0 Å². The zero-order valence-corrected chi connectivity index (χ0v) is 7.83. The Kier molecular flexibility index (Phi) is 6.31. The van der Waals surface area contributed by atoms with Crippen molar-refractivity contribution < 1.29 is 25.2 Å². The minimum Gasteiger partial charge on any atom is -0.396 e. The molecule has 0 aliphatic rings. The molecule has 14 heavy (non-hydrogen) atoms. The summed E-state index contributed by atoms with van der Waals surface area (Å²) in [5, 5.41) is 35.9. The summed E-state index contributed by atoms with van der Waals surface area (Å²) in [5.41, 5.74) is 0. The predicted octanol–water partition coefficient (Wildman–Crippen LogP) is -1.55. The average Bonchev–Trinajstić information content (AvgIpc) is 2.22. The maximum Gasteiger partial charge on any atom is 0.189 e. The molecule has 0 amide bonds. The first-order valence-corrected chi connectivity index (χ1v) is 4.29. The van der Waals surface area contributed by atoms with Gasteiger partial charge < -0.3 is 20.4 Å². The second-order valence-electron chi connectivity index (χ2n) is 3.03. The molecule has 0 saturated carbocycles. The number of allylic oxidation sites excluding steroid dienone is 1. The van der Waals surface area contributed by atoms with Crippen LogP contribution >= 0.6 is 0 Å². The van der Waals surface area contributed by atoms with Gasteiger partial charge in [-0.2, -0.15) is 0 Å². The Hall–Kier alpha value is -0.750. The Labute approximate surface area is 82.3 Å². The van der Waals surface area contributed by atoms with Crippen molar-refractivity contribution in [2.45, 2.75) is 18.6 Å². The Bertz CT molecular complexity index is 192. The largest absolute Gasteiger partial charge is 0.396 e. The number of hydrogen-bond acceptors (Lipinski definition) is 5. The highest BCUT2D eigenvalue weighted by Gasteiger charge is 2.29. The molecule has 4 N–H and O–H groups in total. The fourth-order valence-corrected chi connectivity index (χ4v) is 1.08. The van der Waals surface area contributed by atoms with E-state index < -0.39 is 30.5 Å². The molecule has 0 aliphatic carbocycles. The summed E-state index contributed by atoms with van der Waals surface area (Å²) in [6, 6.07) is 0. The molecule has 0 unspecified atom stereocenters. The maximum atomic E-state index is 10.8. The first-order chi connectivity index (χ1) is 6.58. The molecule has 0 saturated heterocycles. The molecule has 0 radical (unpaired) electrons. The summed E-state index contributed by atoms with van der Waals surface area (Å²) in [7, 11) is 0. The third-order valence-corrected chi connectivity index (χ3v) is 2.00. The third-order valence-electron chi connectivity index (χ3n) is 2.00. The van der Waals surface area contributed by atoms with Crippen LogP contribution in [0.1, 0.15) is 6.42 Å². The predicted molar refractivity (Wildman–Crippen MR) is 49.5 cm³/mol. The summed E-state index contributed by atoms with van der Waals surface area (Å²) in [6.07, 6.45) is -1.28. The number of ketones is 1. The highest BCUT2D eigenvalue weighted by atomic mass is 16.3. The van der Waals surface area contributed by atoms with Crippen LogP contribution in [0.25, 0.3) is 0 Å². The van der Waals surface area contributed by atoms with Crippen molar-refractivity contribution >= 4 is 5.78 Å². The second kappa shape index (κ2) is 6.67. The summed E-state index contributed by atoms with van der Waals surface area (Å²) < 4.78 is 0. The topological polar surface area (TPSA) is 98.0 Å². The Balaban J connectivity index is 4.32. The van der Waals surface area contributed by atoms with Crippen molar-refractivity contribution in [3.05, 3.63) is 12.7 Å². The van der Waals surface area contributed by atoms with Crippen molar-refractivity contribution in [2.75, 3.05) is 13.2 Å². The van der Waals surface area contributed by atoms with Crippen LogP contribution in [0, 0.1) is 5.92 Å².